The van der Waals surface area contributed by atoms with Gasteiger partial charge in [0.05, 0.1) is 26.4 Å². The number of ether oxygens (including phenoxy) is 3. The molecular formula is C25H33NO4. The molecule has 3 atom stereocenters. The predicted molar refractivity (Wildman–Crippen MR) is 117 cm³/mol. The molecule has 0 aromatic heterocycles. The second-order valence-electron chi connectivity index (χ2n) is 8.59. The normalized spacial score (nSPS) is 25.9. The Balaban J connectivity index is 1.54. The maximum atomic E-state index is 11.5. The van der Waals surface area contributed by atoms with Gasteiger partial charge in [-0.05, 0) is 80.5 Å². The molecule has 5 heteroatoms. The molecule has 0 spiro atoms. The summed E-state index contributed by atoms with van der Waals surface area (Å²) in [6.45, 7) is 5.61. The van der Waals surface area contributed by atoms with Gasteiger partial charge in [-0.2, -0.15) is 0 Å². The highest BCUT2D eigenvalue weighted by molar-refractivity contribution is 5.47. The highest BCUT2D eigenvalue weighted by atomic mass is 16.5. The summed E-state index contributed by atoms with van der Waals surface area (Å²) in [5, 5.41) is 11.5. The number of piperidine rings is 1. The van der Waals surface area contributed by atoms with Gasteiger partial charge >= 0.3 is 0 Å². The second kappa shape index (κ2) is 8.48. The largest absolute Gasteiger partial charge is 0.497 e. The second-order valence-corrected chi connectivity index (χ2v) is 8.59. The fourth-order valence-electron chi connectivity index (χ4n) is 5.21. The Morgan fingerprint density at radius 2 is 1.67 bits per heavy atom. The monoisotopic (exact) mass is 411 g/mol. The molecule has 4 rings (SSSR count). The molecule has 2 aliphatic rings. The molecule has 2 heterocycles. The highest BCUT2D eigenvalue weighted by Crippen LogP contribution is 2.47. The van der Waals surface area contributed by atoms with Crippen LogP contribution in [0.15, 0.2) is 36.4 Å². The summed E-state index contributed by atoms with van der Waals surface area (Å²) in [6.07, 6.45) is 3.81. The third-order valence-corrected chi connectivity index (χ3v) is 6.82. The first-order valence-electron chi connectivity index (χ1n) is 10.9. The number of benzene rings is 2. The molecule has 2 fully saturated rings. The van der Waals surface area contributed by atoms with Crippen LogP contribution in [-0.4, -0.2) is 42.9 Å². The third-order valence-electron chi connectivity index (χ3n) is 6.82. The van der Waals surface area contributed by atoms with E-state index in [-0.39, 0.29) is 0 Å². The minimum absolute atomic E-state index is 0.382. The number of aliphatic hydroxyl groups is 1. The molecule has 2 bridgehead atoms. The minimum Gasteiger partial charge on any atom is -0.497 e. The van der Waals surface area contributed by atoms with Crippen molar-refractivity contribution in [1.29, 1.82) is 0 Å². The number of methoxy groups -OCH3 is 2. The van der Waals surface area contributed by atoms with E-state index in [0.29, 0.717) is 18.7 Å². The van der Waals surface area contributed by atoms with Gasteiger partial charge in [-0.3, -0.25) is 4.90 Å². The van der Waals surface area contributed by atoms with Gasteiger partial charge in [0.25, 0.3) is 0 Å². The molecule has 2 aromatic rings. The molecule has 162 valence electrons. The zero-order valence-electron chi connectivity index (χ0n) is 18.5. The molecule has 2 aromatic carbocycles. The van der Waals surface area contributed by atoms with E-state index in [1.807, 2.05) is 31.2 Å². The van der Waals surface area contributed by atoms with Crippen LogP contribution in [0.4, 0.5) is 0 Å². The molecule has 1 unspecified atom stereocenters. The zero-order valence-corrected chi connectivity index (χ0v) is 18.5. The lowest BCUT2D eigenvalue weighted by Gasteiger charge is -2.44. The minimum atomic E-state index is -0.764. The van der Waals surface area contributed by atoms with E-state index < -0.39 is 5.60 Å². The van der Waals surface area contributed by atoms with Crippen molar-refractivity contribution >= 4 is 0 Å². The number of nitrogens with zero attached hydrogens (tertiary/aromatic N) is 1. The standard InChI is InChI=1S/C25H33NO4/c1-5-30-24-13-18(17(2)12-23(24)29-4)16-26-20-8-9-21(26)15-25(27,14-20)19-6-10-22(28-3)11-7-19/h6-7,10-13,20-21,27H,5,8-9,14-16H2,1-4H3/t20-,21+,25?. The fourth-order valence-corrected chi connectivity index (χ4v) is 5.21. The zero-order chi connectivity index (χ0) is 21.3. The van der Waals surface area contributed by atoms with Gasteiger partial charge in [0.2, 0.25) is 0 Å². The average Bonchev–Trinajstić information content (AvgIpc) is 2.99. The van der Waals surface area contributed by atoms with Crippen LogP contribution in [0.1, 0.15) is 49.3 Å². The van der Waals surface area contributed by atoms with Crippen LogP contribution in [0.5, 0.6) is 17.2 Å². The molecule has 2 saturated heterocycles. The van der Waals surface area contributed by atoms with Crippen LogP contribution in [0.25, 0.3) is 0 Å². The fraction of sp³-hybridized carbons (Fsp3) is 0.520. The molecular weight excluding hydrogens is 378 g/mol. The Morgan fingerprint density at radius 1 is 1.00 bits per heavy atom. The molecule has 5 nitrogen and oxygen atoms in total. The lowest BCUT2D eigenvalue weighted by Crippen LogP contribution is -2.49. The van der Waals surface area contributed by atoms with E-state index in [1.54, 1.807) is 14.2 Å². The maximum Gasteiger partial charge on any atom is 0.161 e. The Morgan fingerprint density at radius 3 is 2.23 bits per heavy atom. The summed E-state index contributed by atoms with van der Waals surface area (Å²) in [5.74, 6) is 2.41. The first-order valence-corrected chi connectivity index (χ1v) is 10.9. The van der Waals surface area contributed by atoms with Crippen molar-refractivity contribution in [3.8, 4) is 17.2 Å². The van der Waals surface area contributed by atoms with Crippen LogP contribution in [0.2, 0.25) is 0 Å². The molecule has 30 heavy (non-hydrogen) atoms. The summed E-state index contributed by atoms with van der Waals surface area (Å²) in [4.78, 5) is 2.59. The molecule has 0 aliphatic carbocycles. The van der Waals surface area contributed by atoms with Crippen molar-refractivity contribution in [3.05, 3.63) is 53.1 Å². The summed E-state index contributed by atoms with van der Waals surface area (Å²) in [6, 6.07) is 12.9. The van der Waals surface area contributed by atoms with Gasteiger partial charge in [-0.15, -0.1) is 0 Å². The third kappa shape index (κ3) is 3.88. The van der Waals surface area contributed by atoms with E-state index in [2.05, 4.69) is 24.0 Å². The number of fused-ring (bicyclic) bond motifs is 2. The van der Waals surface area contributed by atoms with Crippen molar-refractivity contribution < 1.29 is 19.3 Å². The summed E-state index contributed by atoms with van der Waals surface area (Å²) >= 11 is 0. The van der Waals surface area contributed by atoms with E-state index >= 15 is 0 Å². The number of rotatable bonds is 7. The molecule has 2 aliphatic heterocycles. The smallest absolute Gasteiger partial charge is 0.161 e. The quantitative estimate of drug-likeness (QED) is 0.731. The van der Waals surface area contributed by atoms with E-state index in [1.165, 1.54) is 11.1 Å². The summed E-state index contributed by atoms with van der Waals surface area (Å²) in [7, 11) is 3.35. The summed E-state index contributed by atoms with van der Waals surface area (Å²) < 4.78 is 16.6. The Kier molecular flexibility index (Phi) is 5.94. The Labute approximate surface area is 179 Å². The van der Waals surface area contributed by atoms with Crippen LogP contribution < -0.4 is 14.2 Å². The summed E-state index contributed by atoms with van der Waals surface area (Å²) in [5.41, 5.74) is 2.72. The maximum absolute atomic E-state index is 11.5. The molecule has 0 saturated carbocycles. The Hall–Kier alpha value is -2.24. The van der Waals surface area contributed by atoms with Crippen LogP contribution in [0.3, 0.4) is 0 Å². The van der Waals surface area contributed by atoms with Crippen LogP contribution in [-0.2, 0) is 12.1 Å². The predicted octanol–water partition coefficient (Wildman–Crippen LogP) is 4.43. The SMILES string of the molecule is CCOc1cc(CN2[C@@H]3CC[C@H]2CC(O)(c2ccc(OC)cc2)C3)c(C)cc1OC. The molecule has 1 N–H and O–H groups in total. The lowest BCUT2D eigenvalue weighted by molar-refractivity contribution is -0.0595. The first-order chi connectivity index (χ1) is 14.5. The number of hydrogen-bond acceptors (Lipinski definition) is 5. The van der Waals surface area contributed by atoms with Gasteiger partial charge in [-0.25, -0.2) is 0 Å². The van der Waals surface area contributed by atoms with Crippen LogP contribution >= 0.6 is 0 Å². The molecule has 0 radical (unpaired) electrons. The highest BCUT2D eigenvalue weighted by Gasteiger charge is 2.48. The van der Waals surface area contributed by atoms with Crippen molar-refractivity contribution in [2.75, 3.05) is 20.8 Å². The van der Waals surface area contributed by atoms with Gasteiger partial charge in [-0.1, -0.05) is 12.1 Å². The van der Waals surface area contributed by atoms with Gasteiger partial charge < -0.3 is 19.3 Å². The topological polar surface area (TPSA) is 51.2 Å². The van der Waals surface area contributed by atoms with E-state index in [9.17, 15) is 5.11 Å². The van der Waals surface area contributed by atoms with Crippen molar-refractivity contribution in [3.63, 3.8) is 0 Å². The molecule has 0 amide bonds. The van der Waals surface area contributed by atoms with Gasteiger partial charge in [0, 0.05) is 18.6 Å². The Bertz CT molecular complexity index is 865. The lowest BCUT2D eigenvalue weighted by atomic mass is 9.80. The van der Waals surface area contributed by atoms with Gasteiger partial charge in [0.1, 0.15) is 5.75 Å². The number of aryl methyl sites for hydroxylation is 1. The van der Waals surface area contributed by atoms with E-state index in [4.69, 9.17) is 14.2 Å². The van der Waals surface area contributed by atoms with Crippen molar-refractivity contribution in [2.24, 2.45) is 0 Å². The first kappa shape index (κ1) is 21.0. The average molecular weight is 412 g/mol. The van der Waals surface area contributed by atoms with Crippen molar-refractivity contribution in [2.45, 2.75) is 63.8 Å². The number of hydrogen-bond donors (Lipinski definition) is 1. The van der Waals surface area contributed by atoms with Crippen molar-refractivity contribution in [1.82, 2.24) is 4.90 Å². The van der Waals surface area contributed by atoms with Gasteiger partial charge in [0.15, 0.2) is 11.5 Å². The van der Waals surface area contributed by atoms with Crippen LogP contribution in [0, 0.1) is 6.92 Å². The van der Waals surface area contributed by atoms with E-state index in [0.717, 1.165) is 55.0 Å².